The second-order valence-electron chi connectivity index (χ2n) is 4.22. The average Bonchev–Trinajstić information content (AvgIpc) is 2.40. The summed E-state index contributed by atoms with van der Waals surface area (Å²) in [4.78, 5) is 4.72. The Morgan fingerprint density at radius 1 is 0.882 bits per heavy atom. The number of hydrogen-bond acceptors (Lipinski definition) is 1. The lowest BCUT2D eigenvalue weighted by Crippen LogP contribution is -2.06. The molecular weight excluding hydrogens is 206 g/mol. The highest BCUT2D eigenvalue weighted by Gasteiger charge is 2.15. The van der Waals surface area contributed by atoms with Gasteiger partial charge in [-0.25, -0.2) is 0 Å². The van der Waals surface area contributed by atoms with Gasteiger partial charge in [-0.05, 0) is 17.2 Å². The highest BCUT2D eigenvalue weighted by atomic mass is 14.8. The maximum Gasteiger partial charge on any atom is 0.0708 e. The van der Waals surface area contributed by atoms with Crippen molar-refractivity contribution in [1.29, 1.82) is 0 Å². The Hall–Kier alpha value is -2.15. The molecule has 3 rings (SSSR count). The predicted octanol–water partition coefficient (Wildman–Crippen LogP) is 4.22. The Morgan fingerprint density at radius 3 is 2.41 bits per heavy atom. The molecule has 0 atom stereocenters. The van der Waals surface area contributed by atoms with E-state index < -0.39 is 0 Å². The molecule has 0 aliphatic carbocycles. The highest BCUT2D eigenvalue weighted by Crippen LogP contribution is 2.33. The smallest absolute Gasteiger partial charge is 0.0708 e. The largest absolute Gasteiger partial charge is 0.252 e. The zero-order valence-electron chi connectivity index (χ0n) is 9.56. The fourth-order valence-electron chi connectivity index (χ4n) is 2.15. The fourth-order valence-corrected chi connectivity index (χ4v) is 2.15. The second-order valence-corrected chi connectivity index (χ2v) is 4.22. The van der Waals surface area contributed by atoms with Crippen LogP contribution in [0.2, 0.25) is 0 Å². The van der Waals surface area contributed by atoms with Gasteiger partial charge in [-0.3, -0.25) is 4.99 Å². The van der Waals surface area contributed by atoms with E-state index in [4.69, 9.17) is 4.99 Å². The minimum absolute atomic E-state index is 0.834. The second kappa shape index (κ2) is 4.02. The molecule has 1 nitrogen and oxygen atoms in total. The average molecular weight is 219 g/mol. The van der Waals surface area contributed by atoms with Gasteiger partial charge in [-0.1, -0.05) is 55.1 Å². The molecule has 1 aliphatic heterocycles. The van der Waals surface area contributed by atoms with E-state index in [1.165, 1.54) is 11.1 Å². The van der Waals surface area contributed by atoms with Crippen LogP contribution in [0, 0.1) is 0 Å². The van der Waals surface area contributed by atoms with Crippen molar-refractivity contribution < 1.29 is 0 Å². The quantitative estimate of drug-likeness (QED) is 0.680. The van der Waals surface area contributed by atoms with Gasteiger partial charge in [0.1, 0.15) is 0 Å². The number of fused-ring (bicyclic) bond motifs is 1. The van der Waals surface area contributed by atoms with Crippen LogP contribution in [0.5, 0.6) is 0 Å². The summed E-state index contributed by atoms with van der Waals surface area (Å²) in [6, 6.07) is 18.5. The molecule has 17 heavy (non-hydrogen) atoms. The molecule has 0 spiro atoms. The molecule has 0 unspecified atom stereocenters. The number of para-hydroxylation sites is 1. The maximum atomic E-state index is 4.72. The molecule has 0 bridgehead atoms. The number of aliphatic imine (C=N–C) groups is 1. The van der Waals surface area contributed by atoms with Crippen molar-refractivity contribution in [3.8, 4) is 0 Å². The fraction of sp³-hybridized carbons (Fsp3) is 0.0625. The summed E-state index contributed by atoms with van der Waals surface area (Å²) in [5, 5.41) is 0. The first-order chi connectivity index (χ1) is 8.34. The first-order valence-electron chi connectivity index (χ1n) is 5.75. The zero-order valence-corrected chi connectivity index (χ0v) is 9.56. The van der Waals surface area contributed by atoms with E-state index in [1.54, 1.807) is 0 Å². The molecule has 0 saturated carbocycles. The lowest BCUT2D eigenvalue weighted by Gasteiger charge is -2.17. The van der Waals surface area contributed by atoms with Crippen LogP contribution in [0.3, 0.4) is 0 Å². The Morgan fingerprint density at radius 2 is 1.59 bits per heavy atom. The SMILES string of the molecule is C=C1CC(c2ccccc2)=Nc2ccccc21. The molecule has 1 heterocycles. The Bertz CT molecular complexity index is 594. The molecule has 1 aliphatic rings. The van der Waals surface area contributed by atoms with Gasteiger partial charge in [0.25, 0.3) is 0 Å². The van der Waals surface area contributed by atoms with E-state index in [1.807, 2.05) is 36.4 Å². The van der Waals surface area contributed by atoms with Crippen LogP contribution in [-0.4, -0.2) is 5.71 Å². The summed E-state index contributed by atoms with van der Waals surface area (Å²) in [6.07, 6.45) is 0.834. The first-order valence-corrected chi connectivity index (χ1v) is 5.75. The predicted molar refractivity (Wildman–Crippen MR) is 72.7 cm³/mol. The highest BCUT2D eigenvalue weighted by molar-refractivity contribution is 6.10. The van der Waals surface area contributed by atoms with Gasteiger partial charge in [0.05, 0.1) is 11.4 Å². The summed E-state index contributed by atoms with van der Waals surface area (Å²) >= 11 is 0. The Labute approximate surface area is 101 Å². The van der Waals surface area contributed by atoms with Crippen molar-refractivity contribution in [2.75, 3.05) is 0 Å². The van der Waals surface area contributed by atoms with E-state index in [0.29, 0.717) is 0 Å². The molecule has 2 aromatic rings. The summed E-state index contributed by atoms with van der Waals surface area (Å²) in [6.45, 7) is 4.15. The molecule has 2 aromatic carbocycles. The van der Waals surface area contributed by atoms with Gasteiger partial charge in [-0.15, -0.1) is 0 Å². The molecule has 82 valence electrons. The first kappa shape index (κ1) is 10.0. The van der Waals surface area contributed by atoms with Gasteiger partial charge in [0.15, 0.2) is 0 Å². The van der Waals surface area contributed by atoms with Crippen molar-refractivity contribution in [2.45, 2.75) is 6.42 Å². The van der Waals surface area contributed by atoms with E-state index in [9.17, 15) is 0 Å². The third kappa shape index (κ3) is 1.80. The van der Waals surface area contributed by atoms with Gasteiger partial charge in [0.2, 0.25) is 0 Å². The molecule has 0 saturated heterocycles. The van der Waals surface area contributed by atoms with Crippen molar-refractivity contribution in [3.05, 3.63) is 72.3 Å². The molecule has 1 heteroatoms. The van der Waals surface area contributed by atoms with Gasteiger partial charge in [0, 0.05) is 12.0 Å². The van der Waals surface area contributed by atoms with Crippen molar-refractivity contribution in [2.24, 2.45) is 4.99 Å². The number of hydrogen-bond donors (Lipinski definition) is 0. The summed E-state index contributed by atoms with van der Waals surface area (Å²) < 4.78 is 0. The minimum atomic E-state index is 0.834. The maximum absolute atomic E-state index is 4.72. The van der Waals surface area contributed by atoms with Gasteiger partial charge >= 0.3 is 0 Å². The van der Waals surface area contributed by atoms with Crippen molar-refractivity contribution >= 4 is 17.0 Å². The normalized spacial score (nSPS) is 14.1. The Balaban J connectivity index is 2.11. The molecule has 0 radical (unpaired) electrons. The molecule has 0 aromatic heterocycles. The summed E-state index contributed by atoms with van der Waals surface area (Å²) in [7, 11) is 0. The molecule has 0 amide bonds. The van der Waals surface area contributed by atoms with Crippen LogP contribution in [0.25, 0.3) is 5.57 Å². The van der Waals surface area contributed by atoms with Gasteiger partial charge in [-0.2, -0.15) is 0 Å². The van der Waals surface area contributed by atoms with Gasteiger partial charge < -0.3 is 0 Å². The monoisotopic (exact) mass is 219 g/mol. The van der Waals surface area contributed by atoms with Crippen LogP contribution in [-0.2, 0) is 0 Å². The van der Waals surface area contributed by atoms with Crippen molar-refractivity contribution in [3.63, 3.8) is 0 Å². The van der Waals surface area contributed by atoms with Crippen LogP contribution in [0.15, 0.2) is 66.2 Å². The van der Waals surface area contributed by atoms with Crippen LogP contribution in [0.1, 0.15) is 17.5 Å². The lowest BCUT2D eigenvalue weighted by atomic mass is 9.94. The van der Waals surface area contributed by atoms with E-state index in [2.05, 4.69) is 24.8 Å². The number of allylic oxidation sites excluding steroid dienone is 1. The van der Waals surface area contributed by atoms with E-state index in [0.717, 1.165) is 23.4 Å². The topological polar surface area (TPSA) is 12.4 Å². The number of benzene rings is 2. The third-order valence-corrected chi connectivity index (χ3v) is 3.03. The third-order valence-electron chi connectivity index (χ3n) is 3.03. The summed E-state index contributed by atoms with van der Waals surface area (Å²) in [5.74, 6) is 0. The number of rotatable bonds is 1. The minimum Gasteiger partial charge on any atom is -0.252 e. The molecular formula is C16H13N. The standard InChI is InChI=1S/C16H13N/c1-12-11-16(13-7-3-2-4-8-13)17-15-10-6-5-9-14(12)15/h2-10H,1,11H2. The van der Waals surface area contributed by atoms with E-state index >= 15 is 0 Å². The summed E-state index contributed by atoms with van der Waals surface area (Å²) in [5.41, 5.74) is 5.64. The van der Waals surface area contributed by atoms with Crippen molar-refractivity contribution in [1.82, 2.24) is 0 Å². The zero-order chi connectivity index (χ0) is 11.7. The Kier molecular flexibility index (Phi) is 2.37. The van der Waals surface area contributed by atoms with Crippen LogP contribution >= 0.6 is 0 Å². The molecule has 0 N–H and O–H groups in total. The van der Waals surface area contributed by atoms with Crippen LogP contribution < -0.4 is 0 Å². The molecule has 0 fully saturated rings. The van der Waals surface area contributed by atoms with E-state index in [-0.39, 0.29) is 0 Å². The lowest BCUT2D eigenvalue weighted by molar-refractivity contribution is 1.33. The number of nitrogens with zero attached hydrogens (tertiary/aromatic N) is 1. The van der Waals surface area contributed by atoms with Crippen LogP contribution in [0.4, 0.5) is 5.69 Å².